The first-order valence-corrected chi connectivity index (χ1v) is 16.8. The first-order valence-electron chi connectivity index (χ1n) is 16.8. The Balaban J connectivity index is 1.62. The van der Waals surface area contributed by atoms with Crippen LogP contribution in [0.2, 0.25) is 0 Å². The van der Waals surface area contributed by atoms with Crippen LogP contribution >= 0.6 is 0 Å². The van der Waals surface area contributed by atoms with Crippen molar-refractivity contribution < 1.29 is 19.0 Å². The Kier molecular flexibility index (Phi) is 14.1. The molecule has 0 saturated carbocycles. The molecule has 0 bridgehead atoms. The van der Waals surface area contributed by atoms with Gasteiger partial charge >= 0.3 is 5.97 Å². The molecule has 0 saturated heterocycles. The number of esters is 1. The van der Waals surface area contributed by atoms with Gasteiger partial charge in [-0.2, -0.15) is 0 Å². The summed E-state index contributed by atoms with van der Waals surface area (Å²) in [5.41, 5.74) is 5.68. The van der Waals surface area contributed by atoms with E-state index in [2.05, 4.69) is 56.3 Å². The van der Waals surface area contributed by atoms with Gasteiger partial charge in [-0.25, -0.2) is 4.79 Å². The van der Waals surface area contributed by atoms with Gasteiger partial charge in [0.05, 0.1) is 18.4 Å². The van der Waals surface area contributed by atoms with Crippen molar-refractivity contribution in [3.05, 3.63) is 108 Å². The minimum atomic E-state index is -0.836. The van der Waals surface area contributed by atoms with Crippen molar-refractivity contribution >= 4 is 11.5 Å². The summed E-state index contributed by atoms with van der Waals surface area (Å²) in [7, 11) is 0. The standard InChI is InChI=1S/C40H50O4/c1-3-5-7-9-11-15-23-33-28-30-43-40(44-39(41)34-24-18-14-19-25-34)38(33)35-26-27-36(32-21-16-13-17-22-32)37(31-35)42-29-20-12-10-8-6-4-2/h13-14,16-19,21-22,24-28,30-31,40H,3-12,15,20,23,29H2,1-2H3. The summed E-state index contributed by atoms with van der Waals surface area (Å²) >= 11 is 0. The molecule has 0 fully saturated rings. The molecule has 1 unspecified atom stereocenters. The SMILES string of the molecule is CCCCCCCCOc1cc(C2=C(CCCCCCCC)C=COC2OC(=O)c2ccccc2)ccc1-c1ccccc1. The maximum atomic E-state index is 13.2. The van der Waals surface area contributed by atoms with Crippen molar-refractivity contribution in [3.8, 4) is 16.9 Å². The highest BCUT2D eigenvalue weighted by molar-refractivity contribution is 5.90. The zero-order valence-electron chi connectivity index (χ0n) is 26.8. The zero-order valence-corrected chi connectivity index (χ0v) is 26.8. The fourth-order valence-corrected chi connectivity index (χ4v) is 5.69. The summed E-state index contributed by atoms with van der Waals surface area (Å²) in [5.74, 6) is 0.444. The summed E-state index contributed by atoms with van der Waals surface area (Å²) in [6.07, 6.45) is 18.4. The van der Waals surface area contributed by atoms with Crippen molar-refractivity contribution in [2.45, 2.75) is 104 Å². The number of carbonyl (C=O) groups is 1. The molecule has 0 radical (unpaired) electrons. The molecule has 44 heavy (non-hydrogen) atoms. The van der Waals surface area contributed by atoms with Crippen LogP contribution in [-0.2, 0) is 9.47 Å². The van der Waals surface area contributed by atoms with E-state index in [1.807, 2.05) is 30.3 Å². The van der Waals surface area contributed by atoms with Crippen LogP contribution in [0.25, 0.3) is 16.7 Å². The third kappa shape index (κ3) is 10.1. The molecule has 0 aliphatic carbocycles. The van der Waals surface area contributed by atoms with Crippen LogP contribution in [-0.4, -0.2) is 18.9 Å². The number of hydrogen-bond donors (Lipinski definition) is 0. The number of benzene rings is 3. The van der Waals surface area contributed by atoms with Crippen molar-refractivity contribution in [2.24, 2.45) is 0 Å². The lowest BCUT2D eigenvalue weighted by Crippen LogP contribution is -2.24. The molecule has 1 atom stereocenters. The van der Waals surface area contributed by atoms with E-state index in [1.165, 1.54) is 64.2 Å². The molecule has 0 N–H and O–H groups in total. The molecule has 4 rings (SSSR count). The first kappa shape index (κ1) is 33.1. The predicted octanol–water partition coefficient (Wildman–Crippen LogP) is 11.3. The van der Waals surface area contributed by atoms with E-state index in [0.29, 0.717) is 12.2 Å². The number of unbranched alkanes of at least 4 members (excludes halogenated alkanes) is 10. The number of ether oxygens (including phenoxy) is 3. The molecule has 1 aliphatic heterocycles. The van der Waals surface area contributed by atoms with E-state index in [0.717, 1.165) is 52.8 Å². The average molecular weight is 595 g/mol. The lowest BCUT2D eigenvalue weighted by Gasteiger charge is -2.27. The Labute approximate surface area is 265 Å². The second-order valence-electron chi connectivity index (χ2n) is 11.7. The van der Waals surface area contributed by atoms with Gasteiger partial charge < -0.3 is 14.2 Å². The largest absolute Gasteiger partial charge is 0.493 e. The Hall–Kier alpha value is -3.79. The lowest BCUT2D eigenvalue weighted by molar-refractivity contribution is -0.0389. The molecule has 0 amide bonds. The van der Waals surface area contributed by atoms with Crippen LogP contribution in [0.4, 0.5) is 0 Å². The topological polar surface area (TPSA) is 44.8 Å². The molecule has 1 aliphatic rings. The van der Waals surface area contributed by atoms with E-state index in [-0.39, 0.29) is 0 Å². The van der Waals surface area contributed by atoms with Gasteiger partial charge in [-0.15, -0.1) is 0 Å². The van der Waals surface area contributed by atoms with Gasteiger partial charge in [0.2, 0.25) is 0 Å². The lowest BCUT2D eigenvalue weighted by atomic mass is 9.92. The molecule has 0 aromatic heterocycles. The minimum Gasteiger partial charge on any atom is -0.493 e. The molecule has 3 aromatic carbocycles. The molecule has 0 spiro atoms. The van der Waals surface area contributed by atoms with Crippen LogP contribution in [0.3, 0.4) is 0 Å². The van der Waals surface area contributed by atoms with Gasteiger partial charge in [-0.1, -0.05) is 139 Å². The maximum absolute atomic E-state index is 13.2. The van der Waals surface area contributed by atoms with Crippen molar-refractivity contribution in [3.63, 3.8) is 0 Å². The van der Waals surface area contributed by atoms with Crippen LogP contribution in [0.5, 0.6) is 5.75 Å². The van der Waals surface area contributed by atoms with Gasteiger partial charge in [0.15, 0.2) is 0 Å². The summed E-state index contributed by atoms with van der Waals surface area (Å²) < 4.78 is 18.5. The van der Waals surface area contributed by atoms with Gasteiger partial charge in [0.1, 0.15) is 5.75 Å². The Morgan fingerprint density at radius 1 is 0.705 bits per heavy atom. The molecule has 4 heteroatoms. The number of rotatable bonds is 19. The summed E-state index contributed by atoms with van der Waals surface area (Å²) in [6.45, 7) is 5.16. The van der Waals surface area contributed by atoms with Crippen LogP contribution in [0.15, 0.2) is 96.8 Å². The number of allylic oxidation sites excluding steroid dienone is 2. The highest BCUT2D eigenvalue weighted by atomic mass is 16.7. The third-order valence-electron chi connectivity index (χ3n) is 8.21. The quantitative estimate of drug-likeness (QED) is 0.102. The van der Waals surface area contributed by atoms with Crippen molar-refractivity contribution in [1.29, 1.82) is 0 Å². The molecule has 3 aromatic rings. The Morgan fingerprint density at radius 3 is 2.05 bits per heavy atom. The summed E-state index contributed by atoms with van der Waals surface area (Å²) in [5, 5.41) is 0. The predicted molar refractivity (Wildman–Crippen MR) is 182 cm³/mol. The fraction of sp³-hybridized carbons (Fsp3) is 0.425. The molecular formula is C40H50O4. The highest BCUT2D eigenvalue weighted by Gasteiger charge is 2.28. The normalized spacial score (nSPS) is 14.4. The van der Waals surface area contributed by atoms with Gasteiger partial charge in [-0.3, -0.25) is 0 Å². The van der Waals surface area contributed by atoms with E-state index >= 15 is 0 Å². The van der Waals surface area contributed by atoms with E-state index in [9.17, 15) is 4.79 Å². The van der Waals surface area contributed by atoms with Crippen LogP contribution < -0.4 is 4.74 Å². The Bertz CT molecular complexity index is 1330. The van der Waals surface area contributed by atoms with Crippen molar-refractivity contribution in [2.75, 3.05) is 6.61 Å². The number of carbonyl (C=O) groups excluding carboxylic acids is 1. The second kappa shape index (κ2) is 18.8. The molecule has 4 nitrogen and oxygen atoms in total. The van der Waals surface area contributed by atoms with Crippen LogP contribution in [0.1, 0.15) is 113 Å². The van der Waals surface area contributed by atoms with Gasteiger partial charge in [0.25, 0.3) is 6.29 Å². The van der Waals surface area contributed by atoms with Crippen molar-refractivity contribution in [1.82, 2.24) is 0 Å². The number of hydrogen-bond acceptors (Lipinski definition) is 4. The van der Waals surface area contributed by atoms with Gasteiger partial charge in [0, 0.05) is 11.1 Å². The highest BCUT2D eigenvalue weighted by Crippen LogP contribution is 2.38. The molecular weight excluding hydrogens is 544 g/mol. The molecule has 1 heterocycles. The van der Waals surface area contributed by atoms with E-state index in [1.54, 1.807) is 18.4 Å². The third-order valence-corrected chi connectivity index (χ3v) is 8.21. The smallest absolute Gasteiger partial charge is 0.341 e. The fourth-order valence-electron chi connectivity index (χ4n) is 5.69. The maximum Gasteiger partial charge on any atom is 0.341 e. The molecule has 234 valence electrons. The average Bonchev–Trinajstić information content (AvgIpc) is 3.07. The second-order valence-corrected chi connectivity index (χ2v) is 11.7. The monoisotopic (exact) mass is 594 g/mol. The minimum absolute atomic E-state index is 0.400. The van der Waals surface area contributed by atoms with Gasteiger partial charge in [-0.05, 0) is 60.2 Å². The van der Waals surface area contributed by atoms with Crippen LogP contribution in [0, 0.1) is 0 Å². The summed E-state index contributed by atoms with van der Waals surface area (Å²) in [4.78, 5) is 13.2. The van der Waals surface area contributed by atoms with E-state index < -0.39 is 12.3 Å². The summed E-state index contributed by atoms with van der Waals surface area (Å²) in [6, 6.07) is 25.8. The van der Waals surface area contributed by atoms with E-state index in [4.69, 9.17) is 14.2 Å². The Morgan fingerprint density at radius 2 is 1.34 bits per heavy atom. The zero-order chi connectivity index (χ0) is 30.8. The first-order chi connectivity index (χ1) is 21.7.